The number of carbonyl (C=O) groups excluding carboxylic acids is 1. The molecule has 2 aromatic rings. The lowest BCUT2D eigenvalue weighted by Gasteiger charge is -2.34. The molecule has 0 saturated carbocycles. The second kappa shape index (κ2) is 8.16. The quantitative estimate of drug-likeness (QED) is 0.821. The Kier molecular flexibility index (Phi) is 5.48. The van der Waals surface area contributed by atoms with Gasteiger partial charge in [-0.3, -0.25) is 9.69 Å². The van der Waals surface area contributed by atoms with Gasteiger partial charge in [0, 0.05) is 52.0 Å². The number of pyridine rings is 1. The standard InChI is InChI=1S/C19H24N4O2S/c24-19(17-1-2-18(20-13-17)22-8-10-25-11-9-22)23-6-4-21(5-7-23)14-16-3-12-26-15-16/h1-3,12-13,15H,4-11,14H2. The van der Waals surface area contributed by atoms with Gasteiger partial charge in [-0.1, -0.05) is 0 Å². The van der Waals surface area contributed by atoms with Crippen molar-refractivity contribution in [3.8, 4) is 0 Å². The van der Waals surface area contributed by atoms with Crippen LogP contribution < -0.4 is 4.90 Å². The molecule has 0 aromatic carbocycles. The van der Waals surface area contributed by atoms with Crippen molar-refractivity contribution in [2.75, 3.05) is 57.4 Å². The molecule has 4 rings (SSSR count). The average Bonchev–Trinajstić information content (AvgIpc) is 3.22. The van der Waals surface area contributed by atoms with Gasteiger partial charge < -0.3 is 14.5 Å². The molecule has 2 aliphatic heterocycles. The third-order valence-corrected chi connectivity index (χ3v) is 5.71. The van der Waals surface area contributed by atoms with Crippen LogP contribution in [0.1, 0.15) is 15.9 Å². The minimum Gasteiger partial charge on any atom is -0.378 e. The Hall–Kier alpha value is -1.96. The van der Waals surface area contributed by atoms with E-state index in [0.717, 1.165) is 64.8 Å². The lowest BCUT2D eigenvalue weighted by atomic mass is 10.2. The first-order chi connectivity index (χ1) is 12.8. The van der Waals surface area contributed by atoms with Crippen LogP contribution in [0.4, 0.5) is 5.82 Å². The number of nitrogens with zero attached hydrogens (tertiary/aromatic N) is 4. The number of piperazine rings is 1. The molecule has 26 heavy (non-hydrogen) atoms. The second-order valence-electron chi connectivity index (χ2n) is 6.70. The molecular formula is C19H24N4O2S. The molecule has 0 atom stereocenters. The number of amides is 1. The van der Waals surface area contributed by atoms with Gasteiger partial charge >= 0.3 is 0 Å². The summed E-state index contributed by atoms with van der Waals surface area (Å²) in [6, 6.07) is 6.02. The maximum Gasteiger partial charge on any atom is 0.255 e. The molecule has 4 heterocycles. The van der Waals surface area contributed by atoms with Crippen molar-refractivity contribution in [1.29, 1.82) is 0 Å². The van der Waals surface area contributed by atoms with E-state index in [9.17, 15) is 4.79 Å². The monoisotopic (exact) mass is 372 g/mol. The molecule has 2 saturated heterocycles. The van der Waals surface area contributed by atoms with Crippen molar-refractivity contribution < 1.29 is 9.53 Å². The van der Waals surface area contributed by atoms with E-state index in [-0.39, 0.29) is 5.91 Å². The minimum atomic E-state index is 0.0845. The molecule has 6 nitrogen and oxygen atoms in total. The molecule has 0 radical (unpaired) electrons. The van der Waals surface area contributed by atoms with Crippen molar-refractivity contribution >= 4 is 23.1 Å². The zero-order valence-electron chi connectivity index (χ0n) is 14.8. The largest absolute Gasteiger partial charge is 0.378 e. The molecule has 2 fully saturated rings. The number of morpholine rings is 1. The fourth-order valence-corrected chi connectivity index (χ4v) is 4.08. The highest BCUT2D eigenvalue weighted by Crippen LogP contribution is 2.16. The summed E-state index contributed by atoms with van der Waals surface area (Å²) in [5.41, 5.74) is 2.03. The Morgan fingerprint density at radius 2 is 1.88 bits per heavy atom. The summed E-state index contributed by atoms with van der Waals surface area (Å²) in [7, 11) is 0. The molecule has 1 amide bonds. The summed E-state index contributed by atoms with van der Waals surface area (Å²) in [5.74, 6) is 1.01. The fraction of sp³-hybridized carbons (Fsp3) is 0.474. The SMILES string of the molecule is O=C(c1ccc(N2CCOCC2)nc1)N1CCN(Cc2ccsc2)CC1. The van der Waals surface area contributed by atoms with Crippen LogP contribution in [0.3, 0.4) is 0 Å². The van der Waals surface area contributed by atoms with Gasteiger partial charge in [0.05, 0.1) is 18.8 Å². The van der Waals surface area contributed by atoms with E-state index in [1.165, 1.54) is 5.56 Å². The topological polar surface area (TPSA) is 48.9 Å². The molecule has 2 aliphatic rings. The molecular weight excluding hydrogens is 348 g/mol. The predicted molar refractivity (Wildman–Crippen MR) is 103 cm³/mol. The number of carbonyl (C=O) groups is 1. The van der Waals surface area contributed by atoms with Crippen molar-refractivity contribution in [2.24, 2.45) is 0 Å². The number of thiophene rings is 1. The highest BCUT2D eigenvalue weighted by atomic mass is 32.1. The Labute approximate surface area is 158 Å². The average molecular weight is 372 g/mol. The number of hydrogen-bond donors (Lipinski definition) is 0. The predicted octanol–water partition coefficient (Wildman–Crippen LogP) is 1.94. The van der Waals surface area contributed by atoms with E-state index in [1.807, 2.05) is 17.0 Å². The summed E-state index contributed by atoms with van der Waals surface area (Å²) in [6.45, 7) is 7.53. The third kappa shape index (κ3) is 4.06. The summed E-state index contributed by atoms with van der Waals surface area (Å²) < 4.78 is 5.37. The van der Waals surface area contributed by atoms with Crippen LogP contribution in [0.25, 0.3) is 0 Å². The van der Waals surface area contributed by atoms with Crippen molar-refractivity contribution in [2.45, 2.75) is 6.54 Å². The highest BCUT2D eigenvalue weighted by molar-refractivity contribution is 7.07. The smallest absolute Gasteiger partial charge is 0.255 e. The van der Waals surface area contributed by atoms with Gasteiger partial charge in [-0.15, -0.1) is 0 Å². The van der Waals surface area contributed by atoms with Crippen molar-refractivity contribution in [3.05, 3.63) is 46.3 Å². The Balaban J connectivity index is 1.31. The van der Waals surface area contributed by atoms with Crippen LogP contribution in [0.2, 0.25) is 0 Å². The maximum atomic E-state index is 12.7. The van der Waals surface area contributed by atoms with Gasteiger partial charge in [0.1, 0.15) is 5.82 Å². The van der Waals surface area contributed by atoms with Crippen LogP contribution in [0.15, 0.2) is 35.2 Å². The normalized spacial score (nSPS) is 18.9. The lowest BCUT2D eigenvalue weighted by Crippen LogP contribution is -2.48. The molecule has 0 N–H and O–H groups in total. The fourth-order valence-electron chi connectivity index (χ4n) is 3.42. The highest BCUT2D eigenvalue weighted by Gasteiger charge is 2.23. The zero-order chi connectivity index (χ0) is 17.8. The second-order valence-corrected chi connectivity index (χ2v) is 7.48. The van der Waals surface area contributed by atoms with Crippen LogP contribution in [-0.2, 0) is 11.3 Å². The number of rotatable bonds is 4. The maximum absolute atomic E-state index is 12.7. The van der Waals surface area contributed by atoms with Gasteiger partial charge in [0.15, 0.2) is 0 Å². The van der Waals surface area contributed by atoms with E-state index in [0.29, 0.717) is 5.56 Å². The summed E-state index contributed by atoms with van der Waals surface area (Å²) in [6.07, 6.45) is 1.71. The van der Waals surface area contributed by atoms with Gasteiger partial charge in [-0.2, -0.15) is 11.3 Å². The molecule has 0 spiro atoms. The zero-order valence-corrected chi connectivity index (χ0v) is 15.7. The van der Waals surface area contributed by atoms with Crippen LogP contribution in [-0.4, -0.2) is 73.2 Å². The summed E-state index contributed by atoms with van der Waals surface area (Å²) >= 11 is 1.73. The Morgan fingerprint density at radius 3 is 2.54 bits per heavy atom. The number of hydrogen-bond acceptors (Lipinski definition) is 6. The van der Waals surface area contributed by atoms with E-state index in [4.69, 9.17) is 4.74 Å². The summed E-state index contributed by atoms with van der Waals surface area (Å²) in [4.78, 5) is 23.8. The first kappa shape index (κ1) is 17.5. The Bertz CT molecular complexity index is 706. The molecule has 7 heteroatoms. The molecule has 2 aromatic heterocycles. The van der Waals surface area contributed by atoms with Gasteiger partial charge in [-0.25, -0.2) is 4.98 Å². The van der Waals surface area contributed by atoms with E-state index in [2.05, 4.69) is 31.6 Å². The van der Waals surface area contributed by atoms with Gasteiger partial charge in [0.2, 0.25) is 0 Å². The molecule has 138 valence electrons. The first-order valence-electron chi connectivity index (χ1n) is 9.11. The third-order valence-electron chi connectivity index (χ3n) is 4.98. The molecule has 0 bridgehead atoms. The molecule has 0 unspecified atom stereocenters. The number of anilines is 1. The van der Waals surface area contributed by atoms with Gasteiger partial charge in [0.25, 0.3) is 5.91 Å². The summed E-state index contributed by atoms with van der Waals surface area (Å²) in [5, 5.41) is 4.31. The first-order valence-corrected chi connectivity index (χ1v) is 10.1. The van der Waals surface area contributed by atoms with E-state index >= 15 is 0 Å². The van der Waals surface area contributed by atoms with E-state index < -0.39 is 0 Å². The van der Waals surface area contributed by atoms with Gasteiger partial charge in [-0.05, 0) is 34.5 Å². The van der Waals surface area contributed by atoms with E-state index in [1.54, 1.807) is 17.5 Å². The Morgan fingerprint density at radius 1 is 1.08 bits per heavy atom. The van der Waals surface area contributed by atoms with Crippen molar-refractivity contribution in [3.63, 3.8) is 0 Å². The number of aromatic nitrogens is 1. The van der Waals surface area contributed by atoms with Crippen LogP contribution in [0, 0.1) is 0 Å². The van der Waals surface area contributed by atoms with Crippen LogP contribution >= 0.6 is 11.3 Å². The minimum absolute atomic E-state index is 0.0845. The van der Waals surface area contributed by atoms with Crippen molar-refractivity contribution in [1.82, 2.24) is 14.8 Å². The van der Waals surface area contributed by atoms with Crippen LogP contribution in [0.5, 0.6) is 0 Å². The number of ether oxygens (including phenoxy) is 1. The molecule has 0 aliphatic carbocycles. The lowest BCUT2D eigenvalue weighted by molar-refractivity contribution is 0.0628.